The van der Waals surface area contributed by atoms with Gasteiger partial charge in [0.25, 0.3) is 0 Å². The van der Waals surface area contributed by atoms with Crippen LogP contribution in [0.1, 0.15) is 24.8 Å². The van der Waals surface area contributed by atoms with Crippen molar-refractivity contribution in [2.75, 3.05) is 0 Å². The second kappa shape index (κ2) is 4.48. The van der Waals surface area contributed by atoms with Crippen LogP contribution in [0.2, 0.25) is 0 Å². The highest BCUT2D eigenvalue weighted by Gasteiger charge is 2.54. The van der Waals surface area contributed by atoms with E-state index in [0.29, 0.717) is 12.6 Å². The van der Waals surface area contributed by atoms with E-state index in [1.807, 2.05) is 35.2 Å². The van der Waals surface area contributed by atoms with Crippen molar-refractivity contribution in [2.45, 2.75) is 38.0 Å². The Labute approximate surface area is 107 Å². The molecule has 1 saturated heterocycles. The molecule has 1 heterocycles. The molecule has 94 valence electrons. The van der Waals surface area contributed by atoms with Gasteiger partial charge in [0, 0.05) is 0 Å². The maximum Gasteiger partial charge on any atom is 0.411 e. The summed E-state index contributed by atoms with van der Waals surface area (Å²) in [6.07, 6.45) is 3.08. The Morgan fingerprint density at radius 2 is 2.17 bits per heavy atom. The highest BCUT2D eigenvalue weighted by atomic mass is 16.6. The molecule has 1 aliphatic heterocycles. The first-order chi connectivity index (χ1) is 8.77. The maximum atomic E-state index is 12.0. The van der Waals surface area contributed by atoms with Crippen molar-refractivity contribution in [3.63, 3.8) is 0 Å². The largest absolute Gasteiger partial charge is 0.445 e. The molecule has 0 spiro atoms. The smallest absolute Gasteiger partial charge is 0.411 e. The second-order valence-electron chi connectivity index (χ2n) is 5.01. The number of fused-ring (bicyclic) bond motifs is 1. The summed E-state index contributed by atoms with van der Waals surface area (Å²) < 4.78 is 5.34. The van der Waals surface area contributed by atoms with Gasteiger partial charge in [-0.15, -0.1) is 0 Å². The van der Waals surface area contributed by atoms with Crippen molar-refractivity contribution in [3.05, 3.63) is 48.0 Å². The van der Waals surface area contributed by atoms with Gasteiger partial charge in [-0.3, -0.25) is 4.90 Å². The Hall–Kier alpha value is -1.77. The van der Waals surface area contributed by atoms with Gasteiger partial charge < -0.3 is 4.74 Å². The Morgan fingerprint density at radius 1 is 1.39 bits per heavy atom. The first-order valence-electron chi connectivity index (χ1n) is 6.44. The minimum Gasteiger partial charge on any atom is -0.445 e. The number of hydrogen-bond donors (Lipinski definition) is 0. The first kappa shape index (κ1) is 11.3. The van der Waals surface area contributed by atoms with Crippen LogP contribution < -0.4 is 0 Å². The molecule has 2 aliphatic rings. The van der Waals surface area contributed by atoms with Crippen LogP contribution in [0.4, 0.5) is 4.79 Å². The van der Waals surface area contributed by atoms with E-state index in [4.69, 9.17) is 4.74 Å². The van der Waals surface area contributed by atoms with Crippen LogP contribution in [-0.2, 0) is 11.3 Å². The SMILES string of the molecule is C=C1CCCC2C1N2C(=O)OCc1ccccc1. The fourth-order valence-electron chi connectivity index (χ4n) is 2.77. The van der Waals surface area contributed by atoms with E-state index in [1.54, 1.807) is 0 Å². The molecule has 1 saturated carbocycles. The first-order valence-corrected chi connectivity index (χ1v) is 6.44. The van der Waals surface area contributed by atoms with Gasteiger partial charge in [-0.25, -0.2) is 4.79 Å². The van der Waals surface area contributed by atoms with Gasteiger partial charge in [0.15, 0.2) is 0 Å². The lowest BCUT2D eigenvalue weighted by Crippen LogP contribution is -2.16. The highest BCUT2D eigenvalue weighted by molar-refractivity contribution is 5.73. The van der Waals surface area contributed by atoms with Gasteiger partial charge in [-0.05, 0) is 24.8 Å². The molecule has 1 aliphatic carbocycles. The molecule has 0 N–H and O–H groups in total. The molecule has 18 heavy (non-hydrogen) atoms. The average Bonchev–Trinajstić information content (AvgIpc) is 3.13. The minimum absolute atomic E-state index is 0.197. The van der Waals surface area contributed by atoms with E-state index in [0.717, 1.165) is 24.8 Å². The molecule has 0 bridgehead atoms. The number of likely N-dealkylation sites (tertiary alicyclic amines) is 1. The third-order valence-electron chi connectivity index (χ3n) is 3.76. The van der Waals surface area contributed by atoms with Crippen LogP contribution in [0.15, 0.2) is 42.5 Å². The Balaban J connectivity index is 1.56. The Morgan fingerprint density at radius 3 is 2.89 bits per heavy atom. The number of carbonyl (C=O) groups is 1. The predicted octanol–water partition coefficient (Wildman–Crippen LogP) is 3.12. The third-order valence-corrected chi connectivity index (χ3v) is 3.76. The van der Waals surface area contributed by atoms with Crippen LogP contribution in [0.5, 0.6) is 0 Å². The van der Waals surface area contributed by atoms with Gasteiger partial charge in [0.2, 0.25) is 0 Å². The summed E-state index contributed by atoms with van der Waals surface area (Å²) in [7, 11) is 0. The zero-order valence-corrected chi connectivity index (χ0v) is 10.3. The van der Waals surface area contributed by atoms with Crippen molar-refractivity contribution in [3.8, 4) is 0 Å². The molecule has 0 aromatic heterocycles. The maximum absolute atomic E-state index is 12.0. The van der Waals surface area contributed by atoms with Crippen LogP contribution in [-0.4, -0.2) is 23.1 Å². The van der Waals surface area contributed by atoms with Crippen LogP contribution in [0, 0.1) is 0 Å². The van der Waals surface area contributed by atoms with E-state index in [1.165, 1.54) is 5.57 Å². The molecule has 2 fully saturated rings. The van der Waals surface area contributed by atoms with E-state index in [9.17, 15) is 4.79 Å². The van der Waals surface area contributed by atoms with Crippen molar-refractivity contribution in [1.82, 2.24) is 4.90 Å². The zero-order chi connectivity index (χ0) is 12.5. The molecule has 2 atom stereocenters. The number of carbonyl (C=O) groups excluding carboxylic acids is 1. The van der Waals surface area contributed by atoms with Crippen LogP contribution >= 0.6 is 0 Å². The number of benzene rings is 1. The summed E-state index contributed by atoms with van der Waals surface area (Å²) in [5, 5.41) is 0. The van der Waals surface area contributed by atoms with Gasteiger partial charge in [-0.2, -0.15) is 0 Å². The Bertz CT molecular complexity index is 469. The summed E-state index contributed by atoms with van der Waals surface area (Å²) in [5.41, 5.74) is 2.21. The van der Waals surface area contributed by atoms with Crippen molar-refractivity contribution in [1.29, 1.82) is 0 Å². The minimum atomic E-state index is -0.197. The quantitative estimate of drug-likeness (QED) is 0.590. The summed E-state index contributed by atoms with van der Waals surface area (Å²) in [6, 6.07) is 10.4. The predicted molar refractivity (Wildman–Crippen MR) is 69.0 cm³/mol. The summed E-state index contributed by atoms with van der Waals surface area (Å²) >= 11 is 0. The Kier molecular flexibility index (Phi) is 2.82. The molecule has 0 radical (unpaired) electrons. The van der Waals surface area contributed by atoms with Crippen LogP contribution in [0.25, 0.3) is 0 Å². The summed E-state index contributed by atoms with van der Waals surface area (Å²) in [5.74, 6) is 0. The standard InChI is InChI=1S/C15H17NO2/c1-11-6-5-9-13-14(11)16(13)15(17)18-10-12-7-3-2-4-8-12/h2-4,7-8,13-14H,1,5-6,9-10H2. The van der Waals surface area contributed by atoms with Gasteiger partial charge in [-0.1, -0.05) is 42.5 Å². The normalized spacial score (nSPS) is 25.6. The lowest BCUT2D eigenvalue weighted by Gasteiger charge is -2.07. The number of ether oxygens (including phenoxy) is 1. The lowest BCUT2D eigenvalue weighted by molar-refractivity contribution is 0.121. The molecular formula is C15H17NO2. The molecule has 3 heteroatoms. The number of hydrogen-bond acceptors (Lipinski definition) is 2. The fraction of sp³-hybridized carbons (Fsp3) is 0.400. The molecule has 1 aromatic rings. The summed E-state index contributed by atoms with van der Waals surface area (Å²) in [6.45, 7) is 4.39. The third kappa shape index (κ3) is 2.01. The van der Waals surface area contributed by atoms with E-state index in [2.05, 4.69) is 6.58 Å². The second-order valence-corrected chi connectivity index (χ2v) is 5.01. The molecule has 1 amide bonds. The van der Waals surface area contributed by atoms with Crippen molar-refractivity contribution < 1.29 is 9.53 Å². The van der Waals surface area contributed by atoms with Gasteiger partial charge in [0.05, 0.1) is 12.1 Å². The molecule has 1 aromatic carbocycles. The topological polar surface area (TPSA) is 29.3 Å². The van der Waals surface area contributed by atoms with Crippen molar-refractivity contribution in [2.24, 2.45) is 0 Å². The molecular weight excluding hydrogens is 226 g/mol. The number of nitrogens with zero attached hydrogens (tertiary/aromatic N) is 1. The van der Waals surface area contributed by atoms with Crippen molar-refractivity contribution >= 4 is 6.09 Å². The van der Waals surface area contributed by atoms with E-state index in [-0.39, 0.29) is 12.1 Å². The lowest BCUT2D eigenvalue weighted by atomic mass is 9.97. The van der Waals surface area contributed by atoms with Gasteiger partial charge in [0.1, 0.15) is 6.61 Å². The fourth-order valence-corrected chi connectivity index (χ4v) is 2.77. The summed E-state index contributed by atoms with van der Waals surface area (Å²) in [4.78, 5) is 13.8. The molecule has 2 unspecified atom stereocenters. The molecule has 3 nitrogen and oxygen atoms in total. The highest BCUT2D eigenvalue weighted by Crippen LogP contribution is 2.43. The molecule has 3 rings (SSSR count). The average molecular weight is 243 g/mol. The zero-order valence-electron chi connectivity index (χ0n) is 10.3. The monoisotopic (exact) mass is 243 g/mol. The van der Waals surface area contributed by atoms with E-state index >= 15 is 0 Å². The van der Waals surface area contributed by atoms with Gasteiger partial charge >= 0.3 is 6.09 Å². The number of amides is 1. The number of rotatable bonds is 2. The van der Waals surface area contributed by atoms with E-state index < -0.39 is 0 Å². The van der Waals surface area contributed by atoms with Crippen LogP contribution in [0.3, 0.4) is 0 Å².